The minimum atomic E-state index is -0.322. The Morgan fingerprint density at radius 3 is 2.47 bits per heavy atom. The van der Waals surface area contributed by atoms with E-state index in [2.05, 4.69) is 15.5 Å². The fourth-order valence-corrected chi connectivity index (χ4v) is 3.26. The summed E-state index contributed by atoms with van der Waals surface area (Å²) < 4.78 is 5.70. The summed E-state index contributed by atoms with van der Waals surface area (Å²) in [7, 11) is 0. The van der Waals surface area contributed by atoms with Crippen LogP contribution in [0, 0.1) is 0 Å². The molecule has 1 aromatic heterocycles. The number of hydrogen-bond donors (Lipinski definition) is 2. The average Bonchev–Trinajstić information content (AvgIpc) is 2.89. The lowest BCUT2D eigenvalue weighted by Crippen LogP contribution is -2.23. The largest absolute Gasteiger partial charge is 0.408 e. The predicted molar refractivity (Wildman–Crippen MR) is 72.0 cm³/mol. The molecule has 5 heteroatoms. The van der Waals surface area contributed by atoms with Gasteiger partial charge in [0.25, 0.3) is 0 Å². The van der Waals surface area contributed by atoms with Crippen LogP contribution in [0.3, 0.4) is 0 Å². The Hall–Kier alpha value is -1.10. The van der Waals surface area contributed by atoms with Gasteiger partial charge < -0.3 is 14.8 Å². The van der Waals surface area contributed by atoms with Crippen LogP contribution in [-0.2, 0) is 0 Å². The van der Waals surface area contributed by atoms with Crippen molar-refractivity contribution >= 4 is 6.01 Å². The molecule has 0 unspecified atom stereocenters. The lowest BCUT2D eigenvalue weighted by molar-refractivity contribution is 0.0943. The standard InChI is InChI=1S/C14H23N3O2/c18-12-9-5-4-8-11(12)13-16-17-14(19-13)15-10-6-2-1-3-7-10/h10-12,18H,1-9H2,(H,15,17)/t11-,12+/m1/s1. The molecule has 0 saturated heterocycles. The van der Waals surface area contributed by atoms with E-state index in [4.69, 9.17) is 4.42 Å². The van der Waals surface area contributed by atoms with E-state index >= 15 is 0 Å². The van der Waals surface area contributed by atoms with Gasteiger partial charge in [0.2, 0.25) is 5.89 Å². The van der Waals surface area contributed by atoms with E-state index in [0.717, 1.165) is 25.7 Å². The van der Waals surface area contributed by atoms with Crippen molar-refractivity contribution in [1.82, 2.24) is 10.2 Å². The summed E-state index contributed by atoms with van der Waals surface area (Å²) in [6.07, 6.45) is 9.96. The maximum atomic E-state index is 10.0. The molecule has 0 bridgehead atoms. The van der Waals surface area contributed by atoms with E-state index in [0.29, 0.717) is 17.9 Å². The molecule has 0 aromatic carbocycles. The zero-order chi connectivity index (χ0) is 13.1. The molecule has 19 heavy (non-hydrogen) atoms. The van der Waals surface area contributed by atoms with Gasteiger partial charge in [-0.2, -0.15) is 0 Å². The van der Waals surface area contributed by atoms with Crippen molar-refractivity contribution in [3.8, 4) is 0 Å². The lowest BCUT2D eigenvalue weighted by atomic mass is 9.86. The van der Waals surface area contributed by atoms with Gasteiger partial charge in [-0.05, 0) is 25.7 Å². The van der Waals surface area contributed by atoms with Crippen molar-refractivity contribution in [1.29, 1.82) is 0 Å². The van der Waals surface area contributed by atoms with E-state index in [-0.39, 0.29) is 12.0 Å². The third-order valence-electron chi connectivity index (χ3n) is 4.42. The van der Waals surface area contributed by atoms with Crippen molar-refractivity contribution in [3.05, 3.63) is 5.89 Å². The van der Waals surface area contributed by atoms with Gasteiger partial charge in [-0.25, -0.2) is 0 Å². The summed E-state index contributed by atoms with van der Waals surface area (Å²) in [6, 6.07) is 0.998. The van der Waals surface area contributed by atoms with Crippen LogP contribution in [0.2, 0.25) is 0 Å². The fourth-order valence-electron chi connectivity index (χ4n) is 3.26. The highest BCUT2D eigenvalue weighted by molar-refractivity contribution is 5.20. The zero-order valence-corrected chi connectivity index (χ0v) is 11.3. The smallest absolute Gasteiger partial charge is 0.315 e. The SMILES string of the molecule is O[C@H]1CCCC[C@H]1c1nnc(NC2CCCCC2)o1. The maximum Gasteiger partial charge on any atom is 0.315 e. The Morgan fingerprint density at radius 2 is 1.68 bits per heavy atom. The van der Waals surface area contributed by atoms with E-state index in [1.165, 1.54) is 32.1 Å². The van der Waals surface area contributed by atoms with Crippen molar-refractivity contribution in [2.45, 2.75) is 75.9 Å². The average molecular weight is 265 g/mol. The molecule has 1 aromatic rings. The van der Waals surface area contributed by atoms with Gasteiger partial charge in [0.15, 0.2) is 0 Å². The Kier molecular flexibility index (Phi) is 4.01. The second-order valence-electron chi connectivity index (χ2n) is 5.88. The first kappa shape index (κ1) is 12.9. The van der Waals surface area contributed by atoms with Gasteiger partial charge in [0.05, 0.1) is 12.0 Å². The number of aliphatic hydroxyl groups is 1. The van der Waals surface area contributed by atoms with Gasteiger partial charge in [0, 0.05) is 6.04 Å². The molecule has 5 nitrogen and oxygen atoms in total. The molecule has 2 aliphatic carbocycles. The van der Waals surface area contributed by atoms with E-state index in [1.54, 1.807) is 0 Å². The molecule has 106 valence electrons. The van der Waals surface area contributed by atoms with Crippen LogP contribution < -0.4 is 5.32 Å². The molecule has 0 amide bonds. The first-order valence-corrected chi connectivity index (χ1v) is 7.61. The third kappa shape index (κ3) is 3.08. The summed E-state index contributed by atoms with van der Waals surface area (Å²) in [5.41, 5.74) is 0. The molecule has 2 N–H and O–H groups in total. The first-order chi connectivity index (χ1) is 9.33. The second-order valence-corrected chi connectivity index (χ2v) is 5.88. The molecular formula is C14H23N3O2. The van der Waals surface area contributed by atoms with Crippen LogP contribution in [0.4, 0.5) is 6.01 Å². The third-order valence-corrected chi connectivity index (χ3v) is 4.42. The molecular weight excluding hydrogens is 242 g/mol. The number of hydrogen-bond acceptors (Lipinski definition) is 5. The molecule has 3 rings (SSSR count). The van der Waals surface area contributed by atoms with Crippen LogP contribution in [0.1, 0.15) is 69.6 Å². The molecule has 2 fully saturated rings. The van der Waals surface area contributed by atoms with E-state index in [1.807, 2.05) is 0 Å². The van der Waals surface area contributed by atoms with Crippen molar-refractivity contribution in [2.24, 2.45) is 0 Å². The number of aliphatic hydroxyl groups excluding tert-OH is 1. The number of aromatic nitrogens is 2. The fraction of sp³-hybridized carbons (Fsp3) is 0.857. The van der Waals surface area contributed by atoms with E-state index in [9.17, 15) is 5.11 Å². The summed E-state index contributed by atoms with van der Waals surface area (Å²) in [6.45, 7) is 0. The van der Waals surface area contributed by atoms with Gasteiger partial charge in [-0.15, -0.1) is 5.10 Å². The van der Waals surface area contributed by atoms with Gasteiger partial charge in [-0.3, -0.25) is 0 Å². The quantitative estimate of drug-likeness (QED) is 0.879. The van der Waals surface area contributed by atoms with Crippen LogP contribution in [0.5, 0.6) is 0 Å². The van der Waals surface area contributed by atoms with E-state index < -0.39 is 0 Å². The molecule has 2 atom stereocenters. The molecule has 0 aliphatic heterocycles. The predicted octanol–water partition coefficient (Wildman–Crippen LogP) is 2.83. The van der Waals surface area contributed by atoms with Crippen molar-refractivity contribution < 1.29 is 9.52 Å². The first-order valence-electron chi connectivity index (χ1n) is 7.61. The highest BCUT2D eigenvalue weighted by atomic mass is 16.4. The molecule has 2 saturated carbocycles. The summed E-state index contributed by atoms with van der Waals surface area (Å²) in [4.78, 5) is 0. The van der Waals surface area contributed by atoms with Crippen LogP contribution in [-0.4, -0.2) is 27.4 Å². The Bertz CT molecular complexity index is 401. The summed E-state index contributed by atoms with van der Waals surface area (Å²) >= 11 is 0. The number of rotatable bonds is 3. The molecule has 0 radical (unpaired) electrons. The number of anilines is 1. The molecule has 2 aliphatic rings. The molecule has 1 heterocycles. The minimum Gasteiger partial charge on any atom is -0.408 e. The zero-order valence-electron chi connectivity index (χ0n) is 11.3. The normalized spacial score (nSPS) is 29.3. The molecule has 0 spiro atoms. The minimum absolute atomic E-state index is 0.0307. The Morgan fingerprint density at radius 1 is 0.947 bits per heavy atom. The van der Waals surface area contributed by atoms with Crippen LogP contribution in [0.15, 0.2) is 4.42 Å². The van der Waals surface area contributed by atoms with Gasteiger partial charge in [0.1, 0.15) is 0 Å². The summed E-state index contributed by atoms with van der Waals surface area (Å²) in [5, 5.41) is 21.5. The highest BCUT2D eigenvalue weighted by Gasteiger charge is 2.29. The van der Waals surface area contributed by atoms with Gasteiger partial charge >= 0.3 is 6.01 Å². The number of nitrogens with zero attached hydrogens (tertiary/aromatic N) is 2. The van der Waals surface area contributed by atoms with Gasteiger partial charge in [-0.1, -0.05) is 37.2 Å². The monoisotopic (exact) mass is 265 g/mol. The second kappa shape index (κ2) is 5.90. The van der Waals surface area contributed by atoms with Crippen LogP contribution >= 0.6 is 0 Å². The van der Waals surface area contributed by atoms with Crippen LogP contribution in [0.25, 0.3) is 0 Å². The topological polar surface area (TPSA) is 71.2 Å². The Balaban J connectivity index is 1.61. The van der Waals surface area contributed by atoms with Crippen molar-refractivity contribution in [3.63, 3.8) is 0 Å². The lowest BCUT2D eigenvalue weighted by Gasteiger charge is -2.24. The maximum absolute atomic E-state index is 10.0. The summed E-state index contributed by atoms with van der Waals surface area (Å²) in [5.74, 6) is 0.633. The Labute approximate surface area is 113 Å². The van der Waals surface area contributed by atoms with Crippen molar-refractivity contribution in [2.75, 3.05) is 5.32 Å². The number of nitrogens with one attached hydrogen (secondary N) is 1. The highest BCUT2D eigenvalue weighted by Crippen LogP contribution is 2.33.